The first-order valence-electron chi connectivity index (χ1n) is 10.5. The van der Waals surface area contributed by atoms with Crippen LogP contribution in [0, 0.1) is 12.7 Å². The number of carbonyl (C=O) groups is 1. The van der Waals surface area contributed by atoms with Crippen LogP contribution in [0.25, 0.3) is 0 Å². The molecule has 1 fully saturated rings. The zero-order valence-corrected chi connectivity index (χ0v) is 19.3. The molecule has 2 heterocycles. The van der Waals surface area contributed by atoms with Crippen molar-refractivity contribution in [1.82, 2.24) is 10.3 Å². The Balaban J connectivity index is 1.63. The van der Waals surface area contributed by atoms with Gasteiger partial charge in [-0.2, -0.15) is 26.3 Å². The third-order valence-corrected chi connectivity index (χ3v) is 6.26. The molecule has 1 amide bonds. The SMILES string of the molecule is Cc1cc(C2=NO[C@](c3cc(Cl)cc(C(F)(F)F)c3F)(C(F)(F)F)C2)ncc1C(=O)NC1CC(F)(F)C1. The molecular weight excluding hydrogens is 545 g/mol. The number of aromatic nitrogens is 1. The zero-order chi connectivity index (χ0) is 27.6. The number of nitrogens with zero attached hydrogens (tertiary/aromatic N) is 2. The van der Waals surface area contributed by atoms with E-state index in [9.17, 15) is 44.3 Å². The van der Waals surface area contributed by atoms with E-state index < -0.39 is 82.8 Å². The highest BCUT2D eigenvalue weighted by Crippen LogP contribution is 2.51. The topological polar surface area (TPSA) is 63.6 Å². The van der Waals surface area contributed by atoms with E-state index in [1.165, 1.54) is 6.92 Å². The van der Waals surface area contributed by atoms with Crippen LogP contribution in [0.4, 0.5) is 39.5 Å². The van der Waals surface area contributed by atoms with Gasteiger partial charge >= 0.3 is 12.4 Å². The van der Waals surface area contributed by atoms with Gasteiger partial charge in [-0.25, -0.2) is 13.2 Å². The van der Waals surface area contributed by atoms with Crippen LogP contribution in [0.1, 0.15) is 52.0 Å². The Labute approximate surface area is 207 Å². The number of alkyl halides is 8. The van der Waals surface area contributed by atoms with Crippen molar-refractivity contribution in [2.45, 2.75) is 56.1 Å². The van der Waals surface area contributed by atoms with Crippen molar-refractivity contribution in [3.8, 4) is 0 Å². The Kier molecular flexibility index (Phi) is 6.41. The van der Waals surface area contributed by atoms with Gasteiger partial charge in [-0.3, -0.25) is 9.78 Å². The Morgan fingerprint density at radius 1 is 1.14 bits per heavy atom. The van der Waals surface area contributed by atoms with Gasteiger partial charge in [0, 0.05) is 35.7 Å². The number of hydrogen-bond donors (Lipinski definition) is 1. The zero-order valence-electron chi connectivity index (χ0n) is 18.5. The van der Waals surface area contributed by atoms with E-state index >= 15 is 0 Å². The molecule has 1 atom stereocenters. The number of oxime groups is 1. The number of pyridine rings is 1. The molecule has 0 unspecified atom stereocenters. The van der Waals surface area contributed by atoms with Crippen molar-refractivity contribution in [1.29, 1.82) is 0 Å². The molecule has 1 aliphatic heterocycles. The summed E-state index contributed by atoms with van der Waals surface area (Å²) in [4.78, 5) is 20.8. The molecule has 0 spiro atoms. The molecule has 0 saturated heterocycles. The lowest BCUT2D eigenvalue weighted by Gasteiger charge is -2.35. The number of rotatable bonds is 4. The summed E-state index contributed by atoms with van der Waals surface area (Å²) in [6, 6.07) is 0.944. The van der Waals surface area contributed by atoms with Gasteiger partial charge in [0.1, 0.15) is 11.5 Å². The molecule has 2 aliphatic rings. The highest BCUT2D eigenvalue weighted by molar-refractivity contribution is 6.30. The Hall–Kier alpha value is -3.03. The van der Waals surface area contributed by atoms with E-state index in [2.05, 4.69) is 20.3 Å². The fraction of sp³-hybridized carbons (Fsp3) is 0.409. The molecule has 37 heavy (non-hydrogen) atoms. The fourth-order valence-electron chi connectivity index (χ4n) is 4.09. The minimum Gasteiger partial charge on any atom is -0.374 e. The molecule has 2 aromatic rings. The smallest absolute Gasteiger partial charge is 0.374 e. The maximum absolute atomic E-state index is 14.8. The summed E-state index contributed by atoms with van der Waals surface area (Å²) >= 11 is 5.59. The normalized spacial score (nSPS) is 21.8. The highest BCUT2D eigenvalue weighted by atomic mass is 35.5. The van der Waals surface area contributed by atoms with Crippen molar-refractivity contribution in [2.24, 2.45) is 5.16 Å². The van der Waals surface area contributed by atoms with Crippen LogP contribution in [0.3, 0.4) is 0 Å². The maximum atomic E-state index is 14.8. The van der Waals surface area contributed by atoms with Gasteiger partial charge < -0.3 is 10.2 Å². The molecule has 0 bridgehead atoms. The number of hydrogen-bond acceptors (Lipinski definition) is 4. The summed E-state index contributed by atoms with van der Waals surface area (Å²) in [7, 11) is 0. The average Bonchev–Trinajstić information content (AvgIpc) is 3.19. The second-order valence-electron chi connectivity index (χ2n) is 8.76. The molecule has 4 rings (SSSR count). The lowest BCUT2D eigenvalue weighted by atomic mass is 9.85. The lowest BCUT2D eigenvalue weighted by Crippen LogP contribution is -2.50. The summed E-state index contributed by atoms with van der Waals surface area (Å²) in [6.07, 6.45) is -12.1. The van der Waals surface area contributed by atoms with Crippen LogP contribution in [0.2, 0.25) is 5.02 Å². The van der Waals surface area contributed by atoms with E-state index in [1.807, 2.05) is 0 Å². The van der Waals surface area contributed by atoms with E-state index in [0.29, 0.717) is 6.07 Å². The standard InChI is InChI=1S/C22H15ClF9N3O2/c1-9-2-15(33-8-12(9)18(36)34-11-5-19(25,26)6-11)16-7-20(37-35-16,22(30,31)32)13-3-10(23)4-14(17(13)24)21(27,28)29/h2-4,8,11H,5-7H2,1H3,(H,34,36)/t20-/m1/s1. The number of nitrogens with one attached hydrogen (secondary N) is 1. The Morgan fingerprint density at radius 3 is 2.32 bits per heavy atom. The van der Waals surface area contributed by atoms with Crippen LogP contribution >= 0.6 is 11.6 Å². The van der Waals surface area contributed by atoms with Gasteiger partial charge in [-0.05, 0) is 30.7 Å². The maximum Gasteiger partial charge on any atom is 0.435 e. The summed E-state index contributed by atoms with van der Waals surface area (Å²) in [5.74, 6) is -5.82. The highest BCUT2D eigenvalue weighted by Gasteiger charge is 2.64. The summed E-state index contributed by atoms with van der Waals surface area (Å²) in [6.45, 7) is 1.40. The number of benzene rings is 1. The fourth-order valence-corrected chi connectivity index (χ4v) is 4.31. The number of amides is 1. The minimum atomic E-state index is -5.44. The molecule has 200 valence electrons. The quantitative estimate of drug-likeness (QED) is 0.447. The molecule has 1 aliphatic carbocycles. The first kappa shape index (κ1) is 27.0. The van der Waals surface area contributed by atoms with Crippen LogP contribution in [0.15, 0.2) is 29.6 Å². The van der Waals surface area contributed by atoms with E-state index in [-0.39, 0.29) is 22.9 Å². The van der Waals surface area contributed by atoms with Gasteiger partial charge in [-0.15, -0.1) is 0 Å². The van der Waals surface area contributed by atoms with Crippen LogP contribution in [-0.4, -0.2) is 34.7 Å². The molecule has 5 nitrogen and oxygen atoms in total. The molecular formula is C22H15ClF9N3O2. The lowest BCUT2D eigenvalue weighted by molar-refractivity contribution is -0.277. The van der Waals surface area contributed by atoms with Crippen LogP contribution in [0.5, 0.6) is 0 Å². The number of carbonyl (C=O) groups excluding carboxylic acids is 1. The molecule has 1 aromatic carbocycles. The van der Waals surface area contributed by atoms with E-state index in [1.54, 1.807) is 0 Å². The minimum absolute atomic E-state index is 0.0451. The van der Waals surface area contributed by atoms with E-state index in [0.717, 1.165) is 12.3 Å². The van der Waals surface area contributed by atoms with Gasteiger partial charge in [0.15, 0.2) is 0 Å². The predicted octanol–water partition coefficient (Wildman–Crippen LogP) is 6.31. The van der Waals surface area contributed by atoms with Gasteiger partial charge in [-0.1, -0.05) is 16.8 Å². The van der Waals surface area contributed by atoms with Gasteiger partial charge in [0.05, 0.1) is 23.2 Å². The third kappa shape index (κ3) is 4.94. The van der Waals surface area contributed by atoms with Crippen molar-refractivity contribution >= 4 is 23.2 Å². The third-order valence-electron chi connectivity index (χ3n) is 6.04. The van der Waals surface area contributed by atoms with Crippen molar-refractivity contribution in [3.63, 3.8) is 0 Å². The second kappa shape index (κ2) is 8.77. The van der Waals surface area contributed by atoms with Crippen molar-refractivity contribution in [3.05, 3.63) is 63.2 Å². The summed E-state index contributed by atoms with van der Waals surface area (Å²) in [5.41, 5.74) is -7.73. The van der Waals surface area contributed by atoms with Gasteiger partial charge in [0.25, 0.3) is 17.4 Å². The second-order valence-corrected chi connectivity index (χ2v) is 9.20. The Morgan fingerprint density at radius 2 is 1.78 bits per heavy atom. The number of aryl methyl sites for hydroxylation is 1. The molecule has 15 heteroatoms. The molecule has 1 saturated carbocycles. The monoisotopic (exact) mass is 559 g/mol. The summed E-state index contributed by atoms with van der Waals surface area (Å²) < 4.78 is 123. The first-order chi connectivity index (χ1) is 16.9. The number of halogens is 10. The van der Waals surface area contributed by atoms with E-state index in [4.69, 9.17) is 11.6 Å². The van der Waals surface area contributed by atoms with Crippen LogP contribution < -0.4 is 5.32 Å². The van der Waals surface area contributed by atoms with Crippen molar-refractivity contribution < 1.29 is 49.1 Å². The Bertz CT molecular complexity index is 1290. The molecule has 1 N–H and O–H groups in total. The summed E-state index contributed by atoms with van der Waals surface area (Å²) in [5, 5.41) is 4.91. The van der Waals surface area contributed by atoms with Crippen molar-refractivity contribution in [2.75, 3.05) is 0 Å². The predicted molar refractivity (Wildman–Crippen MR) is 111 cm³/mol. The van der Waals surface area contributed by atoms with Gasteiger partial charge in [0.2, 0.25) is 0 Å². The largest absolute Gasteiger partial charge is 0.435 e. The van der Waals surface area contributed by atoms with Crippen LogP contribution in [-0.2, 0) is 16.6 Å². The molecule has 1 aromatic heterocycles. The first-order valence-corrected chi connectivity index (χ1v) is 10.9. The average molecular weight is 560 g/mol. The molecule has 0 radical (unpaired) electrons.